The first-order chi connectivity index (χ1) is 8.79. The fraction of sp³-hybridized carbons (Fsp3) is 0.500. The van der Waals surface area contributed by atoms with Crippen LogP contribution in [-0.2, 0) is 6.54 Å². The highest BCUT2D eigenvalue weighted by Gasteiger charge is 2.20. The van der Waals surface area contributed by atoms with E-state index < -0.39 is 0 Å². The molecule has 3 nitrogen and oxygen atoms in total. The Morgan fingerprint density at radius 1 is 1.44 bits per heavy atom. The van der Waals surface area contributed by atoms with Crippen molar-refractivity contribution in [1.29, 1.82) is 5.26 Å². The molecule has 18 heavy (non-hydrogen) atoms. The summed E-state index contributed by atoms with van der Waals surface area (Å²) in [6.45, 7) is 1.13. The predicted octanol–water partition coefficient (Wildman–Crippen LogP) is 2.76. The molecule has 0 saturated heterocycles. The summed E-state index contributed by atoms with van der Waals surface area (Å²) in [5, 5.41) is 11.8. The van der Waals surface area contributed by atoms with Gasteiger partial charge in [0.15, 0.2) is 0 Å². The van der Waals surface area contributed by atoms with Crippen LogP contribution < -0.4 is 10.1 Å². The number of rotatable bonds is 7. The Labute approximate surface area is 107 Å². The topological polar surface area (TPSA) is 45.0 Å². The van der Waals surface area contributed by atoms with Crippen LogP contribution in [-0.4, -0.2) is 12.6 Å². The van der Waals surface area contributed by atoms with E-state index in [9.17, 15) is 4.39 Å². The average molecular weight is 248 g/mol. The Balaban J connectivity index is 1.91. The molecule has 96 valence electrons. The van der Waals surface area contributed by atoms with Crippen molar-refractivity contribution in [2.45, 2.75) is 38.3 Å². The second-order valence-corrected chi connectivity index (χ2v) is 4.52. The second-order valence-electron chi connectivity index (χ2n) is 4.52. The van der Waals surface area contributed by atoms with E-state index in [2.05, 4.69) is 11.4 Å². The van der Waals surface area contributed by atoms with Crippen LogP contribution in [0.2, 0.25) is 0 Å². The lowest BCUT2D eigenvalue weighted by Gasteiger charge is -2.11. The van der Waals surface area contributed by atoms with Gasteiger partial charge in [-0.05, 0) is 37.5 Å². The van der Waals surface area contributed by atoms with E-state index in [-0.39, 0.29) is 5.82 Å². The molecule has 0 atom stereocenters. The molecule has 0 aliphatic heterocycles. The minimum Gasteiger partial charge on any atom is -0.493 e. The van der Waals surface area contributed by atoms with Gasteiger partial charge in [0.2, 0.25) is 0 Å². The summed E-state index contributed by atoms with van der Waals surface area (Å²) in [6, 6.07) is 7.23. The number of nitrogens with one attached hydrogen (secondary N) is 1. The van der Waals surface area contributed by atoms with Crippen molar-refractivity contribution in [1.82, 2.24) is 5.32 Å². The average Bonchev–Trinajstić information content (AvgIpc) is 3.18. The minimum atomic E-state index is -0.244. The summed E-state index contributed by atoms with van der Waals surface area (Å²) >= 11 is 0. The van der Waals surface area contributed by atoms with Crippen molar-refractivity contribution in [2.75, 3.05) is 6.61 Å². The van der Waals surface area contributed by atoms with Crippen LogP contribution in [0.15, 0.2) is 18.2 Å². The zero-order valence-electron chi connectivity index (χ0n) is 10.3. The molecule has 1 saturated carbocycles. The number of nitriles is 1. The third kappa shape index (κ3) is 4.01. The van der Waals surface area contributed by atoms with Crippen molar-refractivity contribution >= 4 is 0 Å². The Kier molecular flexibility index (Phi) is 4.54. The normalized spacial score (nSPS) is 14.2. The summed E-state index contributed by atoms with van der Waals surface area (Å²) in [7, 11) is 0. The number of ether oxygens (including phenoxy) is 1. The molecule has 1 aliphatic rings. The number of hydrogen-bond acceptors (Lipinski definition) is 3. The first-order valence-corrected chi connectivity index (χ1v) is 6.31. The molecule has 0 spiro atoms. The largest absolute Gasteiger partial charge is 0.493 e. The molecule has 1 aromatic rings. The molecular formula is C14H17FN2O. The van der Waals surface area contributed by atoms with Gasteiger partial charge in [-0.3, -0.25) is 0 Å². The maximum absolute atomic E-state index is 13.2. The molecular weight excluding hydrogens is 231 g/mol. The van der Waals surface area contributed by atoms with Crippen molar-refractivity contribution < 1.29 is 9.13 Å². The maximum Gasteiger partial charge on any atom is 0.123 e. The highest BCUT2D eigenvalue weighted by molar-refractivity contribution is 5.34. The van der Waals surface area contributed by atoms with Gasteiger partial charge >= 0.3 is 0 Å². The molecule has 0 unspecified atom stereocenters. The predicted molar refractivity (Wildman–Crippen MR) is 66.6 cm³/mol. The van der Waals surface area contributed by atoms with Crippen LogP contribution in [0.3, 0.4) is 0 Å². The third-order valence-corrected chi connectivity index (χ3v) is 2.87. The maximum atomic E-state index is 13.2. The van der Waals surface area contributed by atoms with Crippen LogP contribution in [0.1, 0.15) is 31.2 Å². The summed E-state index contributed by atoms with van der Waals surface area (Å²) < 4.78 is 18.8. The molecule has 0 bridgehead atoms. The standard InChI is InChI=1S/C14H17FN2O/c15-12-3-6-14(18-8-2-1-7-16)11(9-12)10-17-13-4-5-13/h3,6,9,13,17H,1-2,4-5,8,10H2. The first kappa shape index (κ1) is 12.8. The molecule has 2 rings (SSSR count). The molecule has 0 radical (unpaired) electrons. The van der Waals surface area contributed by atoms with Crippen molar-refractivity contribution in [3.8, 4) is 11.8 Å². The second kappa shape index (κ2) is 6.36. The molecule has 0 amide bonds. The van der Waals surface area contributed by atoms with E-state index in [0.29, 0.717) is 37.8 Å². The van der Waals surface area contributed by atoms with Crippen molar-refractivity contribution in [3.05, 3.63) is 29.6 Å². The number of nitrogens with zero attached hydrogens (tertiary/aromatic N) is 1. The molecule has 1 aliphatic carbocycles. The highest BCUT2D eigenvalue weighted by atomic mass is 19.1. The lowest BCUT2D eigenvalue weighted by molar-refractivity contribution is 0.308. The Morgan fingerprint density at radius 3 is 3.00 bits per heavy atom. The zero-order chi connectivity index (χ0) is 12.8. The van der Waals surface area contributed by atoms with Crippen LogP contribution in [0.5, 0.6) is 5.75 Å². The molecule has 1 N–H and O–H groups in total. The number of hydrogen-bond donors (Lipinski definition) is 1. The Bertz CT molecular complexity index is 438. The van der Waals surface area contributed by atoms with E-state index in [1.165, 1.54) is 25.0 Å². The number of unbranched alkanes of at least 4 members (excludes halogenated alkanes) is 1. The molecule has 0 heterocycles. The first-order valence-electron chi connectivity index (χ1n) is 6.31. The number of benzene rings is 1. The Hall–Kier alpha value is -1.60. The molecule has 4 heteroatoms. The van der Waals surface area contributed by atoms with Gasteiger partial charge in [0.05, 0.1) is 12.7 Å². The minimum absolute atomic E-state index is 0.244. The monoisotopic (exact) mass is 248 g/mol. The highest BCUT2D eigenvalue weighted by Crippen LogP contribution is 2.23. The van der Waals surface area contributed by atoms with E-state index in [1.54, 1.807) is 6.07 Å². The lowest BCUT2D eigenvalue weighted by Crippen LogP contribution is -2.16. The van der Waals surface area contributed by atoms with Gasteiger partial charge in [0.1, 0.15) is 11.6 Å². The van der Waals surface area contributed by atoms with Gasteiger partial charge in [-0.25, -0.2) is 4.39 Å². The third-order valence-electron chi connectivity index (χ3n) is 2.87. The summed E-state index contributed by atoms with van der Waals surface area (Å²) in [4.78, 5) is 0. The van der Waals surface area contributed by atoms with Crippen molar-refractivity contribution in [2.24, 2.45) is 0 Å². The quantitative estimate of drug-likeness (QED) is 0.755. The molecule has 1 fully saturated rings. The Morgan fingerprint density at radius 2 is 2.28 bits per heavy atom. The SMILES string of the molecule is N#CCCCOc1ccc(F)cc1CNC1CC1. The van der Waals surface area contributed by atoms with Crippen LogP contribution >= 0.6 is 0 Å². The molecule has 1 aromatic carbocycles. The van der Waals surface area contributed by atoms with Crippen LogP contribution in [0.25, 0.3) is 0 Å². The van der Waals surface area contributed by atoms with E-state index >= 15 is 0 Å². The van der Waals surface area contributed by atoms with Crippen molar-refractivity contribution in [3.63, 3.8) is 0 Å². The fourth-order valence-corrected chi connectivity index (χ4v) is 1.70. The van der Waals surface area contributed by atoms with Gasteiger partial charge in [0.25, 0.3) is 0 Å². The number of halogens is 1. The van der Waals surface area contributed by atoms with Gasteiger partial charge in [-0.1, -0.05) is 0 Å². The van der Waals surface area contributed by atoms with Gasteiger partial charge in [0, 0.05) is 24.6 Å². The van der Waals surface area contributed by atoms with Gasteiger partial charge < -0.3 is 10.1 Å². The zero-order valence-corrected chi connectivity index (χ0v) is 10.3. The fourth-order valence-electron chi connectivity index (χ4n) is 1.70. The molecule has 0 aromatic heterocycles. The summed E-state index contributed by atoms with van der Waals surface area (Å²) in [5.41, 5.74) is 0.846. The van der Waals surface area contributed by atoms with E-state index in [4.69, 9.17) is 10.00 Å². The van der Waals surface area contributed by atoms with Gasteiger partial charge in [-0.15, -0.1) is 0 Å². The smallest absolute Gasteiger partial charge is 0.123 e. The lowest BCUT2D eigenvalue weighted by atomic mass is 10.2. The van der Waals surface area contributed by atoms with Crippen LogP contribution in [0.4, 0.5) is 4.39 Å². The van der Waals surface area contributed by atoms with Crippen LogP contribution in [0, 0.1) is 17.1 Å². The summed E-state index contributed by atoms with van der Waals surface area (Å²) in [5.74, 6) is 0.467. The van der Waals surface area contributed by atoms with E-state index in [1.807, 2.05) is 0 Å². The summed E-state index contributed by atoms with van der Waals surface area (Å²) in [6.07, 6.45) is 3.58. The van der Waals surface area contributed by atoms with Gasteiger partial charge in [-0.2, -0.15) is 5.26 Å². The van der Waals surface area contributed by atoms with E-state index in [0.717, 1.165) is 5.56 Å².